The minimum Gasteiger partial charge on any atom is -0.482 e. The average Bonchev–Trinajstić information content (AvgIpc) is 3.00. The van der Waals surface area contributed by atoms with Crippen molar-refractivity contribution in [3.05, 3.63) is 41.2 Å². The first-order chi connectivity index (χ1) is 12.3. The predicted octanol–water partition coefficient (Wildman–Crippen LogP) is 1.86. The maximum Gasteiger partial charge on any atom is 0.259 e. The van der Waals surface area contributed by atoms with Crippen molar-refractivity contribution in [1.29, 1.82) is 0 Å². The number of aryl methyl sites for hydroxylation is 1. The maximum atomic E-state index is 12.5. The molecular formula is C17H23Cl2N5O3. The van der Waals surface area contributed by atoms with Gasteiger partial charge in [0.15, 0.2) is 6.61 Å². The summed E-state index contributed by atoms with van der Waals surface area (Å²) in [6.07, 6.45) is 3.40. The molecule has 0 bridgehead atoms. The van der Waals surface area contributed by atoms with Crippen molar-refractivity contribution in [3.8, 4) is 5.75 Å². The summed E-state index contributed by atoms with van der Waals surface area (Å²) in [5.41, 5.74) is 1.27. The van der Waals surface area contributed by atoms with Gasteiger partial charge in [0.2, 0.25) is 5.91 Å². The van der Waals surface area contributed by atoms with Crippen molar-refractivity contribution in [1.82, 2.24) is 20.0 Å². The SMILES string of the molecule is CNC(C(=O)Nc1ccc(OCC(=O)N(C)C)c(Cl)c1)c1cnn(C)c1.Cl. The van der Waals surface area contributed by atoms with E-state index in [4.69, 9.17) is 16.3 Å². The monoisotopic (exact) mass is 415 g/mol. The van der Waals surface area contributed by atoms with E-state index < -0.39 is 6.04 Å². The number of amides is 2. The van der Waals surface area contributed by atoms with Crippen LogP contribution in [0.1, 0.15) is 11.6 Å². The third-order valence-corrected chi connectivity index (χ3v) is 3.95. The summed E-state index contributed by atoms with van der Waals surface area (Å²) < 4.78 is 7.03. The van der Waals surface area contributed by atoms with E-state index in [-0.39, 0.29) is 30.8 Å². The van der Waals surface area contributed by atoms with E-state index in [9.17, 15) is 9.59 Å². The lowest BCUT2D eigenvalue weighted by molar-refractivity contribution is -0.130. The lowest BCUT2D eigenvalue weighted by atomic mass is 10.1. The molecule has 1 atom stereocenters. The van der Waals surface area contributed by atoms with Gasteiger partial charge in [0, 0.05) is 38.6 Å². The van der Waals surface area contributed by atoms with Crippen LogP contribution < -0.4 is 15.4 Å². The number of likely N-dealkylation sites (N-methyl/N-ethyl adjacent to an activating group) is 2. The molecule has 8 nitrogen and oxygen atoms in total. The molecule has 0 spiro atoms. The first-order valence-electron chi connectivity index (χ1n) is 7.91. The van der Waals surface area contributed by atoms with E-state index in [1.54, 1.807) is 63.5 Å². The van der Waals surface area contributed by atoms with E-state index in [0.717, 1.165) is 5.56 Å². The van der Waals surface area contributed by atoms with Gasteiger partial charge in [0.25, 0.3) is 5.91 Å². The van der Waals surface area contributed by atoms with Crippen LogP contribution >= 0.6 is 24.0 Å². The number of hydrogen-bond acceptors (Lipinski definition) is 5. The molecule has 2 amide bonds. The fourth-order valence-corrected chi connectivity index (χ4v) is 2.45. The molecule has 0 saturated heterocycles. The minimum atomic E-state index is -0.545. The molecule has 0 fully saturated rings. The van der Waals surface area contributed by atoms with E-state index in [2.05, 4.69) is 15.7 Å². The summed E-state index contributed by atoms with van der Waals surface area (Å²) in [4.78, 5) is 25.5. The average molecular weight is 416 g/mol. The first-order valence-corrected chi connectivity index (χ1v) is 8.28. The molecule has 1 heterocycles. The fourth-order valence-electron chi connectivity index (χ4n) is 2.22. The number of carbonyl (C=O) groups is 2. The van der Waals surface area contributed by atoms with Crippen LogP contribution in [-0.4, -0.2) is 54.2 Å². The Kier molecular flexibility index (Phi) is 8.55. The molecule has 1 aromatic carbocycles. The van der Waals surface area contributed by atoms with Gasteiger partial charge < -0.3 is 20.3 Å². The van der Waals surface area contributed by atoms with Gasteiger partial charge in [-0.25, -0.2) is 0 Å². The molecule has 2 N–H and O–H groups in total. The number of rotatable bonds is 7. The highest BCUT2D eigenvalue weighted by Crippen LogP contribution is 2.28. The van der Waals surface area contributed by atoms with E-state index in [1.165, 1.54) is 4.90 Å². The second kappa shape index (κ2) is 10.1. The molecule has 27 heavy (non-hydrogen) atoms. The van der Waals surface area contributed by atoms with Crippen LogP contribution in [0.15, 0.2) is 30.6 Å². The lowest BCUT2D eigenvalue weighted by Crippen LogP contribution is -2.30. The van der Waals surface area contributed by atoms with Crippen molar-refractivity contribution >= 4 is 41.5 Å². The number of anilines is 1. The summed E-state index contributed by atoms with van der Waals surface area (Å²) in [5, 5.41) is 10.1. The first kappa shape index (κ1) is 22.8. The summed E-state index contributed by atoms with van der Waals surface area (Å²) in [6.45, 7) is -0.110. The summed E-state index contributed by atoms with van der Waals surface area (Å²) in [7, 11) is 6.77. The molecule has 0 aliphatic heterocycles. The Balaban J connectivity index is 0.00000364. The van der Waals surface area contributed by atoms with Crippen molar-refractivity contribution in [2.24, 2.45) is 7.05 Å². The van der Waals surface area contributed by atoms with Crippen LogP contribution in [0.4, 0.5) is 5.69 Å². The number of carbonyl (C=O) groups excluding carboxylic acids is 2. The van der Waals surface area contributed by atoms with Gasteiger partial charge in [-0.3, -0.25) is 14.3 Å². The molecule has 148 valence electrons. The normalized spacial score (nSPS) is 11.3. The second-order valence-corrected chi connectivity index (χ2v) is 6.29. The molecular weight excluding hydrogens is 393 g/mol. The van der Waals surface area contributed by atoms with Crippen molar-refractivity contribution < 1.29 is 14.3 Å². The van der Waals surface area contributed by atoms with Crippen LogP contribution in [-0.2, 0) is 16.6 Å². The number of ether oxygens (including phenoxy) is 1. The van der Waals surface area contributed by atoms with Gasteiger partial charge in [-0.05, 0) is 25.2 Å². The molecule has 0 radical (unpaired) electrons. The van der Waals surface area contributed by atoms with Gasteiger partial charge in [0.1, 0.15) is 11.8 Å². The van der Waals surface area contributed by atoms with Crippen LogP contribution in [0.25, 0.3) is 0 Å². The third kappa shape index (κ3) is 6.13. The quantitative estimate of drug-likeness (QED) is 0.720. The molecule has 0 aliphatic carbocycles. The van der Waals surface area contributed by atoms with Crippen LogP contribution in [0.5, 0.6) is 5.75 Å². The summed E-state index contributed by atoms with van der Waals surface area (Å²) in [5.74, 6) is -0.0444. The van der Waals surface area contributed by atoms with Gasteiger partial charge >= 0.3 is 0 Å². The van der Waals surface area contributed by atoms with Gasteiger partial charge in [-0.15, -0.1) is 12.4 Å². The van der Waals surface area contributed by atoms with Crippen molar-refractivity contribution in [3.63, 3.8) is 0 Å². The van der Waals surface area contributed by atoms with Crippen molar-refractivity contribution in [2.75, 3.05) is 33.1 Å². The highest BCUT2D eigenvalue weighted by atomic mass is 35.5. The van der Waals surface area contributed by atoms with Crippen LogP contribution in [0.2, 0.25) is 5.02 Å². The summed E-state index contributed by atoms with van der Waals surface area (Å²) in [6, 6.07) is 4.30. The molecule has 1 aromatic heterocycles. The number of halogens is 2. The molecule has 10 heteroatoms. The van der Waals surface area contributed by atoms with Crippen LogP contribution in [0.3, 0.4) is 0 Å². The lowest BCUT2D eigenvalue weighted by Gasteiger charge is -2.16. The number of hydrogen-bond donors (Lipinski definition) is 2. The molecule has 2 rings (SSSR count). The number of benzene rings is 1. The molecule has 1 unspecified atom stereocenters. The zero-order chi connectivity index (χ0) is 19.3. The van der Waals surface area contributed by atoms with Gasteiger partial charge in [-0.2, -0.15) is 5.10 Å². The highest BCUT2D eigenvalue weighted by molar-refractivity contribution is 6.32. The zero-order valence-corrected chi connectivity index (χ0v) is 17.1. The van der Waals surface area contributed by atoms with Crippen LogP contribution in [0, 0.1) is 0 Å². The van der Waals surface area contributed by atoms with Crippen molar-refractivity contribution in [2.45, 2.75) is 6.04 Å². The fraction of sp³-hybridized carbons (Fsp3) is 0.353. The largest absolute Gasteiger partial charge is 0.482 e. The Hall–Kier alpha value is -2.29. The Labute approximate surface area is 169 Å². The Bertz CT molecular complexity index is 795. The third-order valence-electron chi connectivity index (χ3n) is 3.66. The van der Waals surface area contributed by atoms with Gasteiger partial charge in [0.05, 0.1) is 11.2 Å². The Morgan fingerprint density at radius 2 is 2.07 bits per heavy atom. The smallest absolute Gasteiger partial charge is 0.259 e. The maximum absolute atomic E-state index is 12.5. The number of nitrogens with zero attached hydrogens (tertiary/aromatic N) is 3. The second-order valence-electron chi connectivity index (χ2n) is 5.88. The number of nitrogens with one attached hydrogen (secondary N) is 2. The molecule has 0 aliphatic rings. The van der Waals surface area contributed by atoms with E-state index >= 15 is 0 Å². The number of aromatic nitrogens is 2. The molecule has 2 aromatic rings. The highest BCUT2D eigenvalue weighted by Gasteiger charge is 2.20. The zero-order valence-electron chi connectivity index (χ0n) is 15.5. The topological polar surface area (TPSA) is 88.5 Å². The predicted molar refractivity (Wildman–Crippen MR) is 107 cm³/mol. The summed E-state index contributed by atoms with van der Waals surface area (Å²) >= 11 is 6.18. The molecule has 0 saturated carbocycles. The standard InChI is InChI=1S/C17H22ClN5O3.ClH/c1-19-16(11-8-20-23(4)9-11)17(25)21-12-5-6-14(13(18)7-12)26-10-15(24)22(2)3;/h5-9,16,19H,10H2,1-4H3,(H,21,25);1H. The van der Waals surface area contributed by atoms with E-state index in [1.807, 2.05) is 0 Å². The Morgan fingerprint density at radius 3 is 2.59 bits per heavy atom. The Morgan fingerprint density at radius 1 is 1.37 bits per heavy atom. The minimum absolute atomic E-state index is 0. The van der Waals surface area contributed by atoms with Gasteiger partial charge in [-0.1, -0.05) is 11.6 Å². The van der Waals surface area contributed by atoms with E-state index in [0.29, 0.717) is 16.5 Å².